The van der Waals surface area contributed by atoms with Gasteiger partial charge >= 0.3 is 0 Å². The van der Waals surface area contributed by atoms with Crippen LogP contribution in [0.2, 0.25) is 0 Å². The van der Waals surface area contributed by atoms with Crippen molar-refractivity contribution in [3.05, 3.63) is 28.7 Å². The van der Waals surface area contributed by atoms with Crippen LogP contribution in [0.15, 0.2) is 23.2 Å². The van der Waals surface area contributed by atoms with E-state index in [0.29, 0.717) is 0 Å². The summed E-state index contributed by atoms with van der Waals surface area (Å²) < 4.78 is 11.3. The summed E-state index contributed by atoms with van der Waals surface area (Å²) in [4.78, 5) is 0. The maximum atomic E-state index is 5.18. The molecule has 70 valence electrons. The second kappa shape index (κ2) is 4.33. The van der Waals surface area contributed by atoms with Crippen LogP contribution in [0.5, 0.6) is 11.5 Å². The van der Waals surface area contributed by atoms with Crippen LogP contribution in [0.25, 0.3) is 6.08 Å². The molecule has 1 aromatic rings. The molecular weight excluding hydrogens is 232 g/mol. The normalized spacial score (nSPS) is 9.46. The molecule has 0 bridgehead atoms. The predicted molar refractivity (Wildman–Crippen MR) is 57.3 cm³/mol. The van der Waals surface area contributed by atoms with Gasteiger partial charge in [0.1, 0.15) is 11.5 Å². The van der Waals surface area contributed by atoms with Crippen LogP contribution in [-0.2, 0) is 0 Å². The fourth-order valence-corrected chi connectivity index (χ4v) is 1.52. The quantitative estimate of drug-likeness (QED) is 0.812. The highest BCUT2D eigenvalue weighted by atomic mass is 79.9. The Morgan fingerprint density at radius 1 is 1.23 bits per heavy atom. The molecule has 0 unspecified atom stereocenters. The third-order valence-electron chi connectivity index (χ3n) is 1.71. The molecule has 0 aliphatic carbocycles. The molecule has 1 rings (SSSR count). The topological polar surface area (TPSA) is 18.5 Å². The van der Waals surface area contributed by atoms with Crippen LogP contribution in [0.4, 0.5) is 0 Å². The van der Waals surface area contributed by atoms with Gasteiger partial charge in [0.25, 0.3) is 0 Å². The minimum absolute atomic E-state index is 0.751. The lowest BCUT2D eigenvalue weighted by Crippen LogP contribution is -1.92. The second-order valence-electron chi connectivity index (χ2n) is 2.43. The zero-order chi connectivity index (χ0) is 9.84. The highest BCUT2D eigenvalue weighted by molar-refractivity contribution is 9.10. The van der Waals surface area contributed by atoms with Gasteiger partial charge < -0.3 is 9.47 Å². The van der Waals surface area contributed by atoms with E-state index >= 15 is 0 Å². The summed E-state index contributed by atoms with van der Waals surface area (Å²) in [6.07, 6.45) is 1.71. The lowest BCUT2D eigenvalue weighted by Gasteiger charge is -2.10. The minimum atomic E-state index is 0.751. The van der Waals surface area contributed by atoms with Crippen molar-refractivity contribution >= 4 is 22.0 Å². The van der Waals surface area contributed by atoms with E-state index in [0.717, 1.165) is 21.5 Å². The van der Waals surface area contributed by atoms with E-state index in [4.69, 9.17) is 9.47 Å². The first kappa shape index (κ1) is 10.1. The van der Waals surface area contributed by atoms with Crippen LogP contribution in [-0.4, -0.2) is 14.2 Å². The summed E-state index contributed by atoms with van der Waals surface area (Å²) >= 11 is 3.36. The zero-order valence-corrected chi connectivity index (χ0v) is 9.22. The number of methoxy groups -OCH3 is 2. The molecule has 1 aromatic carbocycles. The first-order chi connectivity index (χ1) is 6.22. The van der Waals surface area contributed by atoms with Crippen LogP contribution in [0.1, 0.15) is 5.56 Å². The van der Waals surface area contributed by atoms with Crippen molar-refractivity contribution in [2.24, 2.45) is 0 Å². The third kappa shape index (κ3) is 2.04. The van der Waals surface area contributed by atoms with Gasteiger partial charge in [0, 0.05) is 4.47 Å². The maximum absolute atomic E-state index is 5.18. The monoisotopic (exact) mass is 242 g/mol. The average Bonchev–Trinajstić information content (AvgIpc) is 2.16. The molecule has 13 heavy (non-hydrogen) atoms. The molecule has 0 aromatic heterocycles. The van der Waals surface area contributed by atoms with E-state index in [-0.39, 0.29) is 0 Å². The van der Waals surface area contributed by atoms with Gasteiger partial charge in [-0.15, -0.1) is 0 Å². The molecule has 3 heteroatoms. The van der Waals surface area contributed by atoms with Crippen LogP contribution in [0.3, 0.4) is 0 Å². The highest BCUT2D eigenvalue weighted by Crippen LogP contribution is 2.33. The molecular formula is C10H11BrO2. The largest absolute Gasteiger partial charge is 0.496 e. The smallest absolute Gasteiger partial charge is 0.130 e. The maximum Gasteiger partial charge on any atom is 0.130 e. The summed E-state index contributed by atoms with van der Waals surface area (Å²) in [6, 6.07) is 3.75. The summed E-state index contributed by atoms with van der Waals surface area (Å²) in [5.41, 5.74) is 0.869. The Morgan fingerprint density at radius 2 is 1.69 bits per heavy atom. The first-order valence-corrected chi connectivity index (χ1v) is 4.56. The van der Waals surface area contributed by atoms with Crippen molar-refractivity contribution in [3.63, 3.8) is 0 Å². The van der Waals surface area contributed by atoms with E-state index in [9.17, 15) is 0 Å². The highest BCUT2D eigenvalue weighted by Gasteiger charge is 2.07. The molecule has 0 heterocycles. The molecule has 2 nitrogen and oxygen atoms in total. The fraction of sp³-hybridized carbons (Fsp3) is 0.200. The Balaban J connectivity index is 3.33. The summed E-state index contributed by atoms with van der Waals surface area (Å²) in [5, 5.41) is 0. The number of hydrogen-bond donors (Lipinski definition) is 0. The number of rotatable bonds is 3. The Kier molecular flexibility index (Phi) is 3.37. The van der Waals surface area contributed by atoms with Gasteiger partial charge in [0.2, 0.25) is 0 Å². The fourth-order valence-electron chi connectivity index (χ4n) is 1.11. The number of benzene rings is 1. The van der Waals surface area contributed by atoms with Crippen LogP contribution in [0, 0.1) is 0 Å². The number of ether oxygens (including phenoxy) is 2. The van der Waals surface area contributed by atoms with Crippen molar-refractivity contribution in [1.29, 1.82) is 0 Å². The molecule has 0 saturated carbocycles. The van der Waals surface area contributed by atoms with Gasteiger partial charge in [0.05, 0.1) is 19.8 Å². The average molecular weight is 243 g/mol. The van der Waals surface area contributed by atoms with Gasteiger partial charge in [-0.3, -0.25) is 0 Å². The molecule has 0 N–H and O–H groups in total. The standard InChI is InChI=1S/C10H11BrO2/c1-4-8-9(12-2)5-7(11)6-10(8)13-3/h4-6H,1H2,2-3H3. The van der Waals surface area contributed by atoms with Crippen molar-refractivity contribution in [1.82, 2.24) is 0 Å². The molecule has 0 atom stereocenters. The van der Waals surface area contributed by atoms with E-state index in [1.807, 2.05) is 12.1 Å². The first-order valence-electron chi connectivity index (χ1n) is 3.77. The Bertz CT molecular complexity index is 296. The number of halogens is 1. The summed E-state index contributed by atoms with van der Waals surface area (Å²) in [6.45, 7) is 3.70. The molecule has 0 aliphatic rings. The lowest BCUT2D eigenvalue weighted by atomic mass is 10.2. The molecule has 0 amide bonds. The molecule has 0 spiro atoms. The molecule has 0 saturated heterocycles. The van der Waals surface area contributed by atoms with E-state index in [1.54, 1.807) is 20.3 Å². The van der Waals surface area contributed by atoms with Gasteiger partial charge in [0.15, 0.2) is 0 Å². The zero-order valence-electron chi connectivity index (χ0n) is 7.63. The Labute approximate surface area is 86.3 Å². The van der Waals surface area contributed by atoms with Gasteiger partial charge in [-0.2, -0.15) is 0 Å². The molecule has 0 fully saturated rings. The van der Waals surface area contributed by atoms with Crippen molar-refractivity contribution < 1.29 is 9.47 Å². The second-order valence-corrected chi connectivity index (χ2v) is 3.34. The molecule has 0 radical (unpaired) electrons. The summed E-state index contributed by atoms with van der Waals surface area (Å²) in [5.74, 6) is 1.50. The van der Waals surface area contributed by atoms with Crippen molar-refractivity contribution in [2.45, 2.75) is 0 Å². The van der Waals surface area contributed by atoms with Gasteiger partial charge in [-0.25, -0.2) is 0 Å². The van der Waals surface area contributed by atoms with E-state index < -0.39 is 0 Å². The predicted octanol–water partition coefficient (Wildman–Crippen LogP) is 3.11. The third-order valence-corrected chi connectivity index (χ3v) is 2.17. The van der Waals surface area contributed by atoms with Crippen LogP contribution < -0.4 is 9.47 Å². The summed E-state index contributed by atoms with van der Waals surface area (Å²) in [7, 11) is 3.24. The Hall–Kier alpha value is -0.960. The van der Waals surface area contributed by atoms with Gasteiger partial charge in [-0.05, 0) is 12.1 Å². The van der Waals surface area contributed by atoms with Crippen LogP contribution >= 0.6 is 15.9 Å². The SMILES string of the molecule is C=Cc1c(OC)cc(Br)cc1OC. The van der Waals surface area contributed by atoms with Gasteiger partial charge in [-0.1, -0.05) is 28.6 Å². The van der Waals surface area contributed by atoms with E-state index in [1.165, 1.54) is 0 Å². The lowest BCUT2D eigenvalue weighted by molar-refractivity contribution is 0.392. The number of hydrogen-bond acceptors (Lipinski definition) is 2. The van der Waals surface area contributed by atoms with Crippen molar-refractivity contribution in [3.8, 4) is 11.5 Å². The van der Waals surface area contributed by atoms with E-state index in [2.05, 4.69) is 22.5 Å². The Morgan fingerprint density at radius 3 is 2.00 bits per heavy atom. The van der Waals surface area contributed by atoms with Crippen molar-refractivity contribution in [2.75, 3.05) is 14.2 Å². The molecule has 0 aliphatic heterocycles. The minimum Gasteiger partial charge on any atom is -0.496 e.